The second-order valence-corrected chi connectivity index (χ2v) is 11.4. The summed E-state index contributed by atoms with van der Waals surface area (Å²) in [4.78, 5) is 39.8. The number of hydrogen-bond acceptors (Lipinski definition) is 8. The third-order valence-corrected chi connectivity index (χ3v) is 7.27. The Hall–Kier alpha value is -2.34. The number of nitrogens with one attached hydrogen (secondary N) is 2. The lowest BCUT2D eigenvalue weighted by Gasteiger charge is -2.32. The largest absolute Gasteiger partial charge is 0.467 e. The van der Waals surface area contributed by atoms with E-state index in [1.165, 1.54) is 18.9 Å². The van der Waals surface area contributed by atoms with Crippen molar-refractivity contribution in [2.45, 2.75) is 51.3 Å². The van der Waals surface area contributed by atoms with Crippen LogP contribution in [0.2, 0.25) is 10.0 Å². The van der Waals surface area contributed by atoms with Gasteiger partial charge in [-0.3, -0.25) is 9.59 Å². The average Bonchev–Trinajstić information content (AvgIpc) is 3.33. The molecule has 12 heteroatoms. The van der Waals surface area contributed by atoms with Crippen LogP contribution >= 0.6 is 35.0 Å². The smallest absolute Gasteiger partial charge is 0.328 e. The van der Waals surface area contributed by atoms with Crippen molar-refractivity contribution in [3.8, 4) is 0 Å². The Bertz CT molecular complexity index is 1140. The number of carbonyl (C=O) groups is 3. The van der Waals surface area contributed by atoms with Gasteiger partial charge in [-0.25, -0.2) is 9.69 Å². The monoisotopic (exact) mass is 583 g/mol. The van der Waals surface area contributed by atoms with Crippen LogP contribution in [-0.2, 0) is 25.5 Å². The fourth-order valence-corrected chi connectivity index (χ4v) is 5.51. The van der Waals surface area contributed by atoms with E-state index in [1.54, 1.807) is 47.4 Å². The molecule has 0 spiro atoms. The van der Waals surface area contributed by atoms with Gasteiger partial charge in [-0.15, -0.1) is 11.8 Å². The maximum absolute atomic E-state index is 13.1. The van der Waals surface area contributed by atoms with E-state index in [9.17, 15) is 19.5 Å². The van der Waals surface area contributed by atoms with Crippen molar-refractivity contribution in [2.24, 2.45) is 0 Å². The van der Waals surface area contributed by atoms with E-state index in [2.05, 4.69) is 10.6 Å². The van der Waals surface area contributed by atoms with Gasteiger partial charge in [-0.2, -0.15) is 0 Å². The molecule has 1 fully saturated rings. The summed E-state index contributed by atoms with van der Waals surface area (Å²) in [6, 6.07) is 9.96. The van der Waals surface area contributed by atoms with E-state index in [1.807, 2.05) is 20.8 Å². The Labute approximate surface area is 236 Å². The molecule has 3 rings (SSSR count). The predicted octanol–water partition coefficient (Wildman–Crippen LogP) is 3.91. The molecule has 1 aliphatic rings. The Balaban J connectivity index is 1.66. The summed E-state index contributed by atoms with van der Waals surface area (Å²) in [5.41, 5.74) is 0.793. The minimum absolute atomic E-state index is 0.157. The number of esters is 1. The van der Waals surface area contributed by atoms with Crippen LogP contribution in [0.3, 0.4) is 0 Å². The molecular weight excluding hydrogens is 553 g/mol. The standard InChI is InChI=1S/C26H31Cl2N3O6S/c1-26(2,3)37-25(35)31-14-38-13-20(31)22(32)30-19(24(34)36-4)12-15-8-10-16(11-9-15)29-23(33)21-17(27)6-5-7-18(21)28/h5-11,19-20,25,35H,12-14H2,1-4H3,(H,29,33)(H,30,32)/t19?,20-,25?/m1/s1. The van der Waals surface area contributed by atoms with E-state index in [-0.39, 0.29) is 22.0 Å². The van der Waals surface area contributed by atoms with E-state index >= 15 is 0 Å². The Morgan fingerprint density at radius 3 is 2.34 bits per heavy atom. The first-order valence-electron chi connectivity index (χ1n) is 11.8. The summed E-state index contributed by atoms with van der Waals surface area (Å²) < 4.78 is 10.5. The third kappa shape index (κ3) is 8.08. The first-order valence-corrected chi connectivity index (χ1v) is 13.7. The van der Waals surface area contributed by atoms with Crippen LogP contribution in [0.25, 0.3) is 0 Å². The molecule has 2 aromatic rings. The van der Waals surface area contributed by atoms with Crippen molar-refractivity contribution in [1.82, 2.24) is 10.2 Å². The van der Waals surface area contributed by atoms with E-state index in [0.29, 0.717) is 17.3 Å². The highest BCUT2D eigenvalue weighted by molar-refractivity contribution is 7.99. The molecule has 9 nitrogen and oxygen atoms in total. The number of amides is 2. The first-order chi connectivity index (χ1) is 17.9. The highest BCUT2D eigenvalue weighted by atomic mass is 35.5. The van der Waals surface area contributed by atoms with Gasteiger partial charge in [0.1, 0.15) is 12.1 Å². The summed E-state index contributed by atoms with van der Waals surface area (Å²) in [5.74, 6) is -0.626. The molecule has 2 unspecified atom stereocenters. The number of aliphatic hydroxyl groups is 1. The number of carbonyl (C=O) groups excluding carboxylic acids is 3. The topological polar surface area (TPSA) is 117 Å². The number of rotatable bonds is 9. The number of hydrogen-bond donors (Lipinski definition) is 3. The number of nitrogens with zero attached hydrogens (tertiary/aromatic N) is 1. The van der Waals surface area contributed by atoms with E-state index in [4.69, 9.17) is 32.7 Å². The fourth-order valence-electron chi connectivity index (χ4n) is 3.76. The zero-order valence-electron chi connectivity index (χ0n) is 21.5. The van der Waals surface area contributed by atoms with Crippen LogP contribution in [0.5, 0.6) is 0 Å². The van der Waals surface area contributed by atoms with Gasteiger partial charge in [-0.05, 0) is 50.6 Å². The van der Waals surface area contributed by atoms with Crippen LogP contribution < -0.4 is 10.6 Å². The van der Waals surface area contributed by atoms with E-state index < -0.39 is 41.9 Å². The molecular formula is C26H31Cl2N3O6S. The summed E-state index contributed by atoms with van der Waals surface area (Å²) in [7, 11) is 1.25. The van der Waals surface area contributed by atoms with Gasteiger partial charge in [0.2, 0.25) is 12.3 Å². The number of aliphatic hydroxyl groups excluding tert-OH is 1. The van der Waals surface area contributed by atoms with Gasteiger partial charge < -0.3 is 25.2 Å². The maximum atomic E-state index is 13.1. The lowest BCUT2D eigenvalue weighted by molar-refractivity contribution is -0.239. The summed E-state index contributed by atoms with van der Waals surface area (Å²) in [6.45, 7) is 5.43. The molecule has 0 bridgehead atoms. The average molecular weight is 585 g/mol. The molecule has 2 amide bonds. The SMILES string of the molecule is COC(=O)C(Cc1ccc(NC(=O)c2c(Cl)cccc2Cl)cc1)NC(=O)[C@H]1CSCN1C(O)OC(C)(C)C. The van der Waals surface area contributed by atoms with Crippen LogP contribution in [0.15, 0.2) is 42.5 Å². The molecule has 0 saturated carbocycles. The highest BCUT2D eigenvalue weighted by Crippen LogP contribution is 2.27. The minimum atomic E-state index is -1.26. The zero-order valence-corrected chi connectivity index (χ0v) is 23.8. The normalized spacial score (nSPS) is 17.5. The van der Waals surface area contributed by atoms with Crippen LogP contribution in [0, 0.1) is 0 Å². The number of anilines is 1. The first kappa shape index (κ1) is 30.2. The van der Waals surface area contributed by atoms with Crippen molar-refractivity contribution in [2.75, 3.05) is 24.1 Å². The molecule has 2 aromatic carbocycles. The van der Waals surface area contributed by atoms with Crippen molar-refractivity contribution >= 4 is 58.4 Å². The van der Waals surface area contributed by atoms with Gasteiger partial charge in [0.05, 0.1) is 34.2 Å². The van der Waals surface area contributed by atoms with E-state index in [0.717, 1.165) is 5.56 Å². The molecule has 3 atom stereocenters. The number of ether oxygens (including phenoxy) is 2. The number of methoxy groups -OCH3 is 1. The van der Waals surface area contributed by atoms with Gasteiger partial charge in [0, 0.05) is 17.9 Å². The Morgan fingerprint density at radius 2 is 1.76 bits per heavy atom. The molecule has 1 saturated heterocycles. The van der Waals surface area contributed by atoms with Gasteiger partial charge in [-0.1, -0.05) is 41.4 Å². The molecule has 206 valence electrons. The van der Waals surface area contributed by atoms with Crippen LogP contribution in [0.4, 0.5) is 5.69 Å². The summed E-state index contributed by atoms with van der Waals surface area (Å²) >= 11 is 13.7. The fraction of sp³-hybridized carbons (Fsp3) is 0.423. The molecule has 1 aliphatic heterocycles. The third-order valence-electron chi connectivity index (χ3n) is 5.61. The summed E-state index contributed by atoms with van der Waals surface area (Å²) in [5, 5.41) is 16.5. The van der Waals surface area contributed by atoms with Crippen LogP contribution in [0.1, 0.15) is 36.7 Å². The minimum Gasteiger partial charge on any atom is -0.467 e. The Kier molecular flexibility index (Phi) is 10.4. The number of thioether (sulfide) groups is 1. The lowest BCUT2D eigenvalue weighted by atomic mass is 10.0. The predicted molar refractivity (Wildman–Crippen MR) is 148 cm³/mol. The van der Waals surface area contributed by atoms with Crippen molar-refractivity contribution in [3.63, 3.8) is 0 Å². The van der Waals surface area contributed by atoms with Crippen LogP contribution in [-0.4, -0.2) is 70.6 Å². The molecule has 3 N–H and O–H groups in total. The molecule has 1 heterocycles. The molecule has 0 aliphatic carbocycles. The van der Waals surface area contributed by atoms with Gasteiger partial charge >= 0.3 is 5.97 Å². The Morgan fingerprint density at radius 1 is 1.13 bits per heavy atom. The van der Waals surface area contributed by atoms with Gasteiger partial charge in [0.25, 0.3) is 5.91 Å². The summed E-state index contributed by atoms with van der Waals surface area (Å²) in [6.07, 6.45) is -1.11. The quantitative estimate of drug-likeness (QED) is 0.300. The maximum Gasteiger partial charge on any atom is 0.328 e. The highest BCUT2D eigenvalue weighted by Gasteiger charge is 2.38. The van der Waals surface area contributed by atoms with Crippen molar-refractivity contribution in [1.29, 1.82) is 0 Å². The zero-order chi connectivity index (χ0) is 28.0. The number of benzene rings is 2. The van der Waals surface area contributed by atoms with Gasteiger partial charge in [0.15, 0.2) is 0 Å². The molecule has 0 radical (unpaired) electrons. The van der Waals surface area contributed by atoms with Crippen molar-refractivity contribution < 1.29 is 29.0 Å². The second kappa shape index (κ2) is 13.1. The molecule has 38 heavy (non-hydrogen) atoms. The lowest BCUT2D eigenvalue weighted by Crippen LogP contribution is -2.54. The van der Waals surface area contributed by atoms with Crippen molar-refractivity contribution in [3.05, 3.63) is 63.6 Å². The second-order valence-electron chi connectivity index (χ2n) is 9.62. The number of halogens is 2. The molecule has 0 aromatic heterocycles.